The standard InChI is InChI=1S/C17H21N5O3S.ClH/c1-21-7-9-22(10-8-21)16(23)13-4-3-12(11-15(13)26(2,24)25)14-5-6-19-17(18)20-14;/h3-6,11H,7-10H2,1-2H3,(H2,18,19,20);1H. The van der Waals surface area contributed by atoms with E-state index in [1.54, 1.807) is 23.1 Å². The molecule has 1 aromatic carbocycles. The van der Waals surface area contributed by atoms with Crippen molar-refractivity contribution in [3.05, 3.63) is 36.0 Å². The minimum Gasteiger partial charge on any atom is -0.368 e. The quantitative estimate of drug-likeness (QED) is 0.800. The molecule has 1 fully saturated rings. The molecule has 0 radical (unpaired) electrons. The van der Waals surface area contributed by atoms with Gasteiger partial charge in [0.2, 0.25) is 5.95 Å². The summed E-state index contributed by atoms with van der Waals surface area (Å²) in [6.45, 7) is 2.67. The topological polar surface area (TPSA) is 109 Å². The number of benzene rings is 1. The highest BCUT2D eigenvalue weighted by molar-refractivity contribution is 7.90. The van der Waals surface area contributed by atoms with Crippen LogP contribution in [-0.4, -0.2) is 73.6 Å². The number of rotatable bonds is 3. The summed E-state index contributed by atoms with van der Waals surface area (Å²) in [5.74, 6) is -0.173. The summed E-state index contributed by atoms with van der Waals surface area (Å²) in [5.41, 5.74) is 6.85. The summed E-state index contributed by atoms with van der Waals surface area (Å²) < 4.78 is 24.6. The van der Waals surface area contributed by atoms with E-state index in [-0.39, 0.29) is 34.7 Å². The third-order valence-corrected chi connectivity index (χ3v) is 5.51. The first-order chi connectivity index (χ1) is 12.3. The Morgan fingerprint density at radius 2 is 1.81 bits per heavy atom. The Bertz CT molecular complexity index is 943. The van der Waals surface area contributed by atoms with Gasteiger partial charge in [-0.15, -0.1) is 12.4 Å². The first-order valence-electron chi connectivity index (χ1n) is 8.16. The van der Waals surface area contributed by atoms with Crippen LogP contribution in [-0.2, 0) is 9.84 Å². The molecule has 1 aliphatic rings. The van der Waals surface area contributed by atoms with Crippen molar-refractivity contribution in [3.63, 3.8) is 0 Å². The van der Waals surface area contributed by atoms with Gasteiger partial charge < -0.3 is 15.5 Å². The second-order valence-corrected chi connectivity index (χ2v) is 8.36. The lowest BCUT2D eigenvalue weighted by atomic mass is 10.1. The van der Waals surface area contributed by atoms with Crippen molar-refractivity contribution in [1.82, 2.24) is 19.8 Å². The number of aromatic nitrogens is 2. The lowest BCUT2D eigenvalue weighted by Crippen LogP contribution is -2.47. The molecule has 1 aliphatic heterocycles. The third-order valence-electron chi connectivity index (χ3n) is 4.37. The molecule has 2 heterocycles. The molecular formula is C17H22ClN5O3S. The van der Waals surface area contributed by atoms with Crippen LogP contribution in [0, 0.1) is 0 Å². The van der Waals surface area contributed by atoms with Crippen LogP contribution in [0.5, 0.6) is 0 Å². The van der Waals surface area contributed by atoms with E-state index in [2.05, 4.69) is 14.9 Å². The van der Waals surface area contributed by atoms with Gasteiger partial charge in [0, 0.05) is 44.2 Å². The first kappa shape index (κ1) is 21.1. The van der Waals surface area contributed by atoms with E-state index in [0.717, 1.165) is 19.3 Å². The number of likely N-dealkylation sites (N-methyl/N-ethyl adjacent to an activating group) is 1. The molecule has 0 atom stereocenters. The van der Waals surface area contributed by atoms with Gasteiger partial charge in [0.05, 0.1) is 16.2 Å². The number of sulfone groups is 1. The second kappa shape index (κ2) is 8.20. The molecule has 0 bridgehead atoms. The number of nitrogens with two attached hydrogens (primary N) is 1. The zero-order chi connectivity index (χ0) is 18.9. The number of amides is 1. The number of anilines is 1. The summed E-state index contributed by atoms with van der Waals surface area (Å²) in [7, 11) is -1.61. The maximum Gasteiger partial charge on any atom is 0.255 e. The molecule has 0 spiro atoms. The summed E-state index contributed by atoms with van der Waals surface area (Å²) >= 11 is 0. The van der Waals surface area contributed by atoms with Crippen molar-refractivity contribution in [2.24, 2.45) is 0 Å². The average Bonchev–Trinajstić information content (AvgIpc) is 2.60. The van der Waals surface area contributed by atoms with Gasteiger partial charge in [-0.2, -0.15) is 0 Å². The van der Waals surface area contributed by atoms with Gasteiger partial charge in [0.25, 0.3) is 5.91 Å². The molecule has 2 aromatic rings. The van der Waals surface area contributed by atoms with Gasteiger partial charge in [-0.05, 0) is 25.2 Å². The Kier molecular flexibility index (Phi) is 6.40. The van der Waals surface area contributed by atoms with Crippen LogP contribution in [0.4, 0.5) is 5.95 Å². The van der Waals surface area contributed by atoms with Gasteiger partial charge in [0.1, 0.15) is 0 Å². The number of halogens is 1. The van der Waals surface area contributed by atoms with E-state index in [1.807, 2.05) is 7.05 Å². The maximum absolute atomic E-state index is 12.9. The predicted molar refractivity (Wildman–Crippen MR) is 106 cm³/mol. The smallest absolute Gasteiger partial charge is 0.255 e. The highest BCUT2D eigenvalue weighted by Gasteiger charge is 2.26. The fraction of sp³-hybridized carbons (Fsp3) is 0.353. The van der Waals surface area contributed by atoms with Crippen LogP contribution in [0.15, 0.2) is 35.4 Å². The lowest BCUT2D eigenvalue weighted by molar-refractivity contribution is 0.0660. The molecule has 3 rings (SSSR count). The first-order valence-corrected chi connectivity index (χ1v) is 10.1. The number of hydrogen-bond acceptors (Lipinski definition) is 7. The van der Waals surface area contributed by atoms with E-state index in [1.165, 1.54) is 12.3 Å². The van der Waals surface area contributed by atoms with Gasteiger partial charge >= 0.3 is 0 Å². The highest BCUT2D eigenvalue weighted by atomic mass is 35.5. The highest BCUT2D eigenvalue weighted by Crippen LogP contribution is 2.26. The minimum absolute atomic E-state index is 0. The fourth-order valence-corrected chi connectivity index (χ4v) is 3.78. The van der Waals surface area contributed by atoms with Crippen molar-refractivity contribution in [2.75, 3.05) is 45.2 Å². The molecule has 0 saturated carbocycles. The Labute approximate surface area is 164 Å². The van der Waals surface area contributed by atoms with E-state index < -0.39 is 9.84 Å². The van der Waals surface area contributed by atoms with E-state index in [9.17, 15) is 13.2 Å². The average molecular weight is 412 g/mol. The van der Waals surface area contributed by atoms with Crippen LogP contribution in [0.25, 0.3) is 11.3 Å². The number of nitrogens with zero attached hydrogens (tertiary/aromatic N) is 4. The molecule has 10 heteroatoms. The molecule has 1 amide bonds. The second-order valence-electron chi connectivity index (χ2n) is 6.38. The summed E-state index contributed by atoms with van der Waals surface area (Å²) in [5, 5.41) is 0. The molecule has 0 aliphatic carbocycles. The SMILES string of the molecule is CN1CCN(C(=O)c2ccc(-c3ccnc(N)n3)cc2S(C)(=O)=O)CC1.Cl. The van der Waals surface area contributed by atoms with Crippen LogP contribution in [0.1, 0.15) is 10.4 Å². The van der Waals surface area contributed by atoms with Crippen LogP contribution >= 0.6 is 12.4 Å². The Morgan fingerprint density at radius 3 is 2.41 bits per heavy atom. The fourth-order valence-electron chi connectivity index (χ4n) is 2.88. The molecular weight excluding hydrogens is 390 g/mol. The molecule has 0 unspecified atom stereocenters. The zero-order valence-corrected chi connectivity index (χ0v) is 16.8. The molecule has 1 aromatic heterocycles. The van der Waals surface area contributed by atoms with Crippen LogP contribution < -0.4 is 5.73 Å². The molecule has 27 heavy (non-hydrogen) atoms. The van der Waals surface area contributed by atoms with Crippen molar-refractivity contribution >= 4 is 34.1 Å². The number of carbonyl (C=O) groups excluding carboxylic acids is 1. The largest absolute Gasteiger partial charge is 0.368 e. The van der Waals surface area contributed by atoms with Gasteiger partial charge in [0.15, 0.2) is 9.84 Å². The number of hydrogen-bond donors (Lipinski definition) is 1. The maximum atomic E-state index is 12.9. The van der Waals surface area contributed by atoms with E-state index >= 15 is 0 Å². The van der Waals surface area contributed by atoms with Crippen molar-refractivity contribution in [2.45, 2.75) is 4.90 Å². The monoisotopic (exact) mass is 411 g/mol. The van der Waals surface area contributed by atoms with Gasteiger partial charge in [-0.3, -0.25) is 4.79 Å². The number of carbonyl (C=O) groups is 1. The minimum atomic E-state index is -3.60. The molecule has 146 valence electrons. The molecule has 1 saturated heterocycles. The van der Waals surface area contributed by atoms with Gasteiger partial charge in [-0.25, -0.2) is 18.4 Å². The number of nitrogen functional groups attached to an aromatic ring is 1. The Hall–Kier alpha value is -2.23. The van der Waals surface area contributed by atoms with Crippen molar-refractivity contribution in [3.8, 4) is 11.3 Å². The predicted octanol–water partition coefficient (Wildman–Crippen LogP) is 0.939. The van der Waals surface area contributed by atoms with Crippen LogP contribution in [0.3, 0.4) is 0 Å². The Morgan fingerprint density at radius 1 is 1.15 bits per heavy atom. The third kappa shape index (κ3) is 4.74. The van der Waals surface area contributed by atoms with Crippen molar-refractivity contribution in [1.29, 1.82) is 0 Å². The van der Waals surface area contributed by atoms with E-state index in [0.29, 0.717) is 24.3 Å². The lowest BCUT2D eigenvalue weighted by Gasteiger charge is -2.32. The zero-order valence-electron chi connectivity index (χ0n) is 15.1. The normalized spacial score (nSPS) is 15.3. The number of piperazine rings is 1. The summed E-state index contributed by atoms with van der Waals surface area (Å²) in [6, 6.07) is 6.34. The summed E-state index contributed by atoms with van der Waals surface area (Å²) in [4.78, 5) is 24.6. The van der Waals surface area contributed by atoms with Crippen molar-refractivity contribution < 1.29 is 13.2 Å². The molecule has 8 nitrogen and oxygen atoms in total. The Balaban J connectivity index is 0.00000261. The summed E-state index contributed by atoms with van der Waals surface area (Å²) in [6.07, 6.45) is 2.60. The van der Waals surface area contributed by atoms with Gasteiger partial charge in [-0.1, -0.05) is 6.07 Å². The molecule has 2 N–H and O–H groups in total. The van der Waals surface area contributed by atoms with E-state index in [4.69, 9.17) is 5.73 Å². The van der Waals surface area contributed by atoms with Crippen LogP contribution in [0.2, 0.25) is 0 Å².